The lowest BCUT2D eigenvalue weighted by molar-refractivity contribution is 0.125. The summed E-state index contributed by atoms with van der Waals surface area (Å²) in [5, 5.41) is 19.1. The molecule has 0 radical (unpaired) electrons. The lowest BCUT2D eigenvalue weighted by atomic mass is 10.3. The number of hydrogen-bond donors (Lipinski definition) is 2. The highest BCUT2D eigenvalue weighted by atomic mass is 35.5. The van der Waals surface area contributed by atoms with Crippen molar-refractivity contribution in [3.05, 3.63) is 46.4 Å². The molecule has 2 atom stereocenters. The molecule has 0 saturated carbocycles. The molecule has 0 amide bonds. The van der Waals surface area contributed by atoms with Crippen LogP contribution in [0.5, 0.6) is 11.5 Å². The number of aliphatic hydroxyl groups excluding tert-OH is 2. The highest BCUT2D eigenvalue weighted by molar-refractivity contribution is 7.91. The Morgan fingerprint density at radius 1 is 0.879 bits per heavy atom. The van der Waals surface area contributed by atoms with E-state index in [1.165, 1.54) is 31.2 Å². The van der Waals surface area contributed by atoms with Crippen LogP contribution in [0.1, 0.15) is 6.92 Å². The molecule has 0 aliphatic carbocycles. The predicted molar refractivity (Wildman–Crippen MR) is 126 cm³/mol. The van der Waals surface area contributed by atoms with Gasteiger partial charge < -0.3 is 19.7 Å². The van der Waals surface area contributed by atoms with E-state index in [2.05, 4.69) is 0 Å². The average molecular weight is 562 g/mol. The normalized spacial score (nSPS) is 14.0. The molecule has 0 heterocycles. The quantitative estimate of drug-likeness (QED) is 0.379. The third kappa shape index (κ3) is 7.88. The van der Waals surface area contributed by atoms with Crippen LogP contribution in [0, 0.1) is 0 Å². The molecule has 0 aliphatic rings. The average Bonchev–Trinajstić information content (AvgIpc) is 2.76. The van der Waals surface area contributed by atoms with Crippen molar-refractivity contribution in [2.75, 3.05) is 30.6 Å². The van der Waals surface area contributed by atoms with Crippen LogP contribution in [0.3, 0.4) is 0 Å². The number of benzene rings is 2. The van der Waals surface area contributed by atoms with E-state index in [1.807, 2.05) is 0 Å². The Morgan fingerprint density at radius 2 is 1.42 bits per heavy atom. The summed E-state index contributed by atoms with van der Waals surface area (Å²) in [6.45, 7) is 1.02. The first kappa shape index (κ1) is 28.0. The van der Waals surface area contributed by atoms with E-state index >= 15 is 0 Å². The molecule has 13 heteroatoms. The van der Waals surface area contributed by atoms with E-state index < -0.39 is 44.2 Å². The van der Waals surface area contributed by atoms with Crippen molar-refractivity contribution in [3.8, 4) is 11.5 Å². The summed E-state index contributed by atoms with van der Waals surface area (Å²) in [5.74, 6) is -0.339. The summed E-state index contributed by atoms with van der Waals surface area (Å²) in [4.78, 5) is -0.237. The molecule has 33 heavy (non-hydrogen) atoms. The topological polar surface area (TPSA) is 127 Å². The minimum absolute atomic E-state index is 0.00446. The van der Waals surface area contributed by atoms with Gasteiger partial charge in [0.25, 0.3) is 0 Å². The zero-order valence-electron chi connectivity index (χ0n) is 17.4. The van der Waals surface area contributed by atoms with E-state index in [0.29, 0.717) is 5.75 Å². The van der Waals surface area contributed by atoms with Crippen LogP contribution in [0.4, 0.5) is 0 Å². The second kappa shape index (κ2) is 11.9. The smallest absolute Gasteiger partial charge is 0.206 e. The number of halogens is 3. The van der Waals surface area contributed by atoms with Gasteiger partial charge in [-0.2, -0.15) is 0 Å². The molecule has 0 saturated heterocycles. The number of ether oxygens (including phenoxy) is 2. The molecule has 2 aromatic rings. The van der Waals surface area contributed by atoms with Crippen molar-refractivity contribution in [1.29, 1.82) is 0 Å². The second-order valence-electron chi connectivity index (χ2n) is 6.97. The van der Waals surface area contributed by atoms with Crippen LogP contribution in [-0.4, -0.2) is 69.9 Å². The van der Waals surface area contributed by atoms with Gasteiger partial charge in [0, 0.05) is 5.75 Å². The SMILES string of the molecule is CCS(=O)(=O)C[C@@H](O)COc1c(Cl)cc(S(=O)(=O)c2ccc(OC[C@@H](O)CCl)cc2)cc1Cl. The molecule has 8 nitrogen and oxygen atoms in total. The van der Waals surface area contributed by atoms with Gasteiger partial charge in [0.05, 0.1) is 31.5 Å². The molecule has 184 valence electrons. The highest BCUT2D eigenvalue weighted by Crippen LogP contribution is 2.37. The van der Waals surface area contributed by atoms with Gasteiger partial charge in [-0.05, 0) is 36.4 Å². The summed E-state index contributed by atoms with van der Waals surface area (Å²) in [6, 6.07) is 7.81. The molecule has 2 rings (SSSR count). The van der Waals surface area contributed by atoms with Crippen LogP contribution in [0.15, 0.2) is 46.2 Å². The zero-order chi connectivity index (χ0) is 24.8. The molecule has 0 aliphatic heterocycles. The highest BCUT2D eigenvalue weighted by Gasteiger charge is 2.23. The summed E-state index contributed by atoms with van der Waals surface area (Å²) in [6.07, 6.45) is -2.16. The molecule has 0 spiro atoms. The van der Waals surface area contributed by atoms with Crippen molar-refractivity contribution in [2.45, 2.75) is 28.9 Å². The summed E-state index contributed by atoms with van der Waals surface area (Å²) in [5.41, 5.74) is 0. The van der Waals surface area contributed by atoms with Gasteiger partial charge in [0.15, 0.2) is 15.6 Å². The van der Waals surface area contributed by atoms with Crippen LogP contribution in [-0.2, 0) is 19.7 Å². The van der Waals surface area contributed by atoms with Crippen molar-refractivity contribution in [1.82, 2.24) is 0 Å². The summed E-state index contributed by atoms with van der Waals surface area (Å²) in [7, 11) is -7.41. The van der Waals surface area contributed by atoms with Gasteiger partial charge in [0.1, 0.15) is 31.2 Å². The lowest BCUT2D eigenvalue weighted by Crippen LogP contribution is -2.28. The number of sulfone groups is 2. The first-order chi connectivity index (χ1) is 15.4. The van der Waals surface area contributed by atoms with Crippen LogP contribution in [0.2, 0.25) is 10.0 Å². The fourth-order valence-electron chi connectivity index (χ4n) is 2.56. The molecule has 0 aromatic heterocycles. The third-order valence-electron chi connectivity index (χ3n) is 4.34. The van der Waals surface area contributed by atoms with E-state index in [9.17, 15) is 27.0 Å². The van der Waals surface area contributed by atoms with Gasteiger partial charge in [-0.15, -0.1) is 11.6 Å². The Labute approximate surface area is 207 Å². The van der Waals surface area contributed by atoms with Gasteiger partial charge in [-0.1, -0.05) is 30.1 Å². The number of alkyl halides is 1. The zero-order valence-corrected chi connectivity index (χ0v) is 21.3. The predicted octanol–water partition coefficient (Wildman–Crippen LogP) is 2.98. The molecular weight excluding hydrogens is 539 g/mol. The Bertz CT molecular complexity index is 1130. The van der Waals surface area contributed by atoms with Gasteiger partial charge in [0.2, 0.25) is 9.84 Å². The minimum Gasteiger partial charge on any atom is -0.491 e. The van der Waals surface area contributed by atoms with Gasteiger partial charge in [-0.3, -0.25) is 0 Å². The van der Waals surface area contributed by atoms with Crippen molar-refractivity contribution < 1.29 is 36.5 Å². The van der Waals surface area contributed by atoms with E-state index in [-0.39, 0.29) is 43.8 Å². The fourth-order valence-corrected chi connectivity index (χ4v) is 5.60. The van der Waals surface area contributed by atoms with E-state index in [4.69, 9.17) is 44.3 Å². The van der Waals surface area contributed by atoms with E-state index in [0.717, 1.165) is 12.1 Å². The summed E-state index contributed by atoms with van der Waals surface area (Å²) < 4.78 is 59.8. The van der Waals surface area contributed by atoms with Crippen molar-refractivity contribution >= 4 is 54.5 Å². The Balaban J connectivity index is 2.17. The Hall–Kier alpha value is -1.27. The van der Waals surface area contributed by atoms with Gasteiger partial charge in [-0.25, -0.2) is 16.8 Å². The monoisotopic (exact) mass is 560 g/mol. The summed E-state index contributed by atoms with van der Waals surface area (Å²) >= 11 is 17.8. The maximum atomic E-state index is 13.0. The molecular formula is C20H23Cl3O8S2. The Kier molecular flexibility index (Phi) is 10.1. The maximum Gasteiger partial charge on any atom is 0.206 e. The fraction of sp³-hybridized carbons (Fsp3) is 0.400. The standard InChI is InChI=1S/C20H23Cl3O8S2/c1-2-32(26,27)12-14(25)11-31-20-18(22)7-17(8-19(20)23)33(28,29)16-5-3-15(4-6-16)30-10-13(24)9-21/h3-8,13-14,24-25H,2,9-12H2,1H3/t13-,14-/m0/s1. The Morgan fingerprint density at radius 3 is 1.94 bits per heavy atom. The molecule has 0 fully saturated rings. The number of rotatable bonds is 12. The lowest BCUT2D eigenvalue weighted by Gasteiger charge is -2.15. The van der Waals surface area contributed by atoms with E-state index in [1.54, 1.807) is 0 Å². The van der Waals surface area contributed by atoms with Crippen LogP contribution >= 0.6 is 34.8 Å². The number of hydrogen-bond acceptors (Lipinski definition) is 8. The van der Waals surface area contributed by atoms with Crippen molar-refractivity contribution in [2.24, 2.45) is 0 Å². The second-order valence-corrected chi connectivity index (χ2v) is 12.4. The van der Waals surface area contributed by atoms with Gasteiger partial charge >= 0.3 is 0 Å². The van der Waals surface area contributed by atoms with Crippen molar-refractivity contribution in [3.63, 3.8) is 0 Å². The molecule has 2 aromatic carbocycles. The molecule has 0 unspecified atom stereocenters. The van der Waals surface area contributed by atoms with Crippen LogP contribution < -0.4 is 9.47 Å². The first-order valence-corrected chi connectivity index (χ1v) is 14.2. The van der Waals surface area contributed by atoms with Crippen LogP contribution in [0.25, 0.3) is 0 Å². The molecule has 2 N–H and O–H groups in total. The minimum atomic E-state index is -3.99. The molecule has 0 bridgehead atoms. The first-order valence-electron chi connectivity index (χ1n) is 9.62. The number of aliphatic hydroxyl groups is 2. The largest absolute Gasteiger partial charge is 0.491 e. The third-order valence-corrected chi connectivity index (χ3v) is 8.78. The maximum absolute atomic E-state index is 13.0.